The van der Waals surface area contributed by atoms with Crippen LogP contribution in [0.25, 0.3) is 11.0 Å². The van der Waals surface area contributed by atoms with Crippen molar-refractivity contribution in [3.63, 3.8) is 0 Å². The zero-order chi connectivity index (χ0) is 22.6. The number of unbranched alkanes of at least 4 members (excludes halogenated alkanes) is 2. The fourth-order valence-corrected chi connectivity index (χ4v) is 3.80. The quantitative estimate of drug-likeness (QED) is 0.355. The van der Waals surface area contributed by atoms with Gasteiger partial charge in [-0.05, 0) is 49.9 Å². The van der Waals surface area contributed by atoms with E-state index < -0.39 is 0 Å². The van der Waals surface area contributed by atoms with Gasteiger partial charge >= 0.3 is 0 Å². The highest BCUT2D eigenvalue weighted by atomic mass is 16.5. The summed E-state index contributed by atoms with van der Waals surface area (Å²) in [4.78, 5) is 16.4. The molecule has 0 saturated carbocycles. The van der Waals surface area contributed by atoms with Crippen LogP contribution in [-0.4, -0.2) is 35.7 Å². The Morgan fingerprint density at radius 3 is 2.72 bits per heavy atom. The van der Waals surface area contributed by atoms with Gasteiger partial charge in [-0.3, -0.25) is 4.79 Å². The van der Waals surface area contributed by atoms with E-state index in [0.29, 0.717) is 13.0 Å². The number of nitrogens with one attached hydrogen (secondary N) is 1. The van der Waals surface area contributed by atoms with Crippen LogP contribution in [-0.2, 0) is 17.8 Å². The predicted octanol–water partition coefficient (Wildman–Crippen LogP) is 5.14. The summed E-state index contributed by atoms with van der Waals surface area (Å²) in [6.07, 6.45) is 6.49. The van der Waals surface area contributed by atoms with Gasteiger partial charge in [0.25, 0.3) is 0 Å². The van der Waals surface area contributed by atoms with E-state index in [9.17, 15) is 4.79 Å². The zero-order valence-corrected chi connectivity index (χ0v) is 19.3. The van der Waals surface area contributed by atoms with Gasteiger partial charge in [0.1, 0.15) is 17.3 Å². The third-order valence-electron chi connectivity index (χ3n) is 5.45. The molecular weight excluding hydrogens is 402 g/mol. The molecule has 0 radical (unpaired) electrons. The van der Waals surface area contributed by atoms with Crippen molar-refractivity contribution in [2.24, 2.45) is 0 Å². The Morgan fingerprint density at radius 1 is 1.03 bits per heavy atom. The fraction of sp³-hybridized carbons (Fsp3) is 0.462. The molecule has 32 heavy (non-hydrogen) atoms. The summed E-state index contributed by atoms with van der Waals surface area (Å²) < 4.78 is 13.5. The van der Waals surface area contributed by atoms with Crippen LogP contribution in [0.1, 0.15) is 51.3 Å². The standard InChI is InChI=1S/C26H35N3O3/c1-3-11-26(30)27-17-8-4-5-16-25-28-23-14-6-7-15-24(23)29(25)18-10-19-32-22-13-9-12-21(20-22)31-2/h6-7,9,12-15,20H,3-5,8,10-11,16-19H2,1-2H3,(H,27,30). The van der Waals surface area contributed by atoms with Crippen molar-refractivity contribution in [2.75, 3.05) is 20.3 Å². The zero-order valence-electron chi connectivity index (χ0n) is 19.3. The minimum atomic E-state index is 0.158. The molecule has 1 aromatic heterocycles. The Kier molecular flexibility index (Phi) is 9.41. The second-order valence-corrected chi connectivity index (χ2v) is 7.96. The molecule has 0 spiro atoms. The molecule has 0 aliphatic carbocycles. The fourth-order valence-electron chi connectivity index (χ4n) is 3.80. The van der Waals surface area contributed by atoms with Crippen LogP contribution in [0.2, 0.25) is 0 Å². The average Bonchev–Trinajstić information content (AvgIpc) is 3.16. The van der Waals surface area contributed by atoms with Crippen LogP contribution in [0.3, 0.4) is 0 Å². The van der Waals surface area contributed by atoms with Crippen LogP contribution in [0.5, 0.6) is 11.5 Å². The number of nitrogens with zero attached hydrogens (tertiary/aromatic N) is 2. The number of rotatable bonds is 14. The van der Waals surface area contributed by atoms with Crippen LogP contribution >= 0.6 is 0 Å². The number of imidazole rings is 1. The van der Waals surface area contributed by atoms with E-state index in [1.807, 2.05) is 37.3 Å². The Labute approximate surface area is 190 Å². The summed E-state index contributed by atoms with van der Waals surface area (Å²) in [5.41, 5.74) is 2.22. The van der Waals surface area contributed by atoms with Gasteiger partial charge in [0.05, 0.1) is 24.8 Å². The lowest BCUT2D eigenvalue weighted by atomic mass is 10.2. The molecule has 0 bridgehead atoms. The van der Waals surface area contributed by atoms with Gasteiger partial charge in [-0.1, -0.05) is 31.5 Å². The number of aryl methyl sites for hydroxylation is 2. The first-order valence-electron chi connectivity index (χ1n) is 11.7. The molecule has 0 unspecified atom stereocenters. The summed E-state index contributed by atoms with van der Waals surface area (Å²) >= 11 is 0. The summed E-state index contributed by atoms with van der Waals surface area (Å²) in [7, 11) is 1.66. The molecule has 3 aromatic rings. The minimum absolute atomic E-state index is 0.158. The van der Waals surface area contributed by atoms with E-state index in [1.165, 1.54) is 5.52 Å². The first kappa shape index (κ1) is 23.6. The molecule has 0 atom stereocenters. The highest BCUT2D eigenvalue weighted by Gasteiger charge is 2.10. The molecule has 1 N–H and O–H groups in total. The Balaban J connectivity index is 1.49. The van der Waals surface area contributed by atoms with Crippen molar-refractivity contribution in [3.8, 4) is 11.5 Å². The van der Waals surface area contributed by atoms with Crippen molar-refractivity contribution in [3.05, 3.63) is 54.4 Å². The van der Waals surface area contributed by atoms with Crippen molar-refractivity contribution in [1.29, 1.82) is 0 Å². The molecule has 0 saturated heterocycles. The van der Waals surface area contributed by atoms with Crippen LogP contribution < -0.4 is 14.8 Å². The van der Waals surface area contributed by atoms with Gasteiger partial charge in [-0.25, -0.2) is 4.98 Å². The summed E-state index contributed by atoms with van der Waals surface area (Å²) in [5, 5.41) is 2.99. The number of methoxy groups -OCH3 is 1. The van der Waals surface area contributed by atoms with Crippen molar-refractivity contribution < 1.29 is 14.3 Å². The predicted molar refractivity (Wildman–Crippen MR) is 128 cm³/mol. The van der Waals surface area contributed by atoms with Crippen LogP contribution in [0, 0.1) is 0 Å². The Bertz CT molecular complexity index is 983. The molecule has 6 heteroatoms. The maximum absolute atomic E-state index is 11.5. The number of carbonyl (C=O) groups excluding carboxylic acids is 1. The number of benzene rings is 2. The third kappa shape index (κ3) is 7.01. The second kappa shape index (κ2) is 12.7. The van der Waals surface area contributed by atoms with Gasteiger partial charge in [0.15, 0.2) is 0 Å². The first-order chi connectivity index (χ1) is 15.7. The molecule has 0 aliphatic heterocycles. The Morgan fingerprint density at radius 2 is 1.88 bits per heavy atom. The van der Waals surface area contributed by atoms with E-state index in [0.717, 1.165) is 74.5 Å². The van der Waals surface area contributed by atoms with Crippen LogP contribution in [0.15, 0.2) is 48.5 Å². The van der Waals surface area contributed by atoms with Gasteiger partial charge in [-0.15, -0.1) is 0 Å². The molecule has 0 fully saturated rings. The van der Waals surface area contributed by atoms with Crippen molar-refractivity contribution in [2.45, 2.75) is 58.4 Å². The normalized spacial score (nSPS) is 10.9. The van der Waals surface area contributed by atoms with Gasteiger partial charge in [0.2, 0.25) is 5.91 Å². The molecule has 0 aliphatic rings. The molecule has 2 aromatic carbocycles. The number of hydrogen-bond donors (Lipinski definition) is 1. The van der Waals surface area contributed by atoms with Crippen molar-refractivity contribution >= 4 is 16.9 Å². The van der Waals surface area contributed by atoms with E-state index >= 15 is 0 Å². The number of hydrogen-bond acceptors (Lipinski definition) is 4. The smallest absolute Gasteiger partial charge is 0.219 e. The largest absolute Gasteiger partial charge is 0.497 e. The lowest BCUT2D eigenvalue weighted by Crippen LogP contribution is -2.23. The topological polar surface area (TPSA) is 65.4 Å². The number of ether oxygens (including phenoxy) is 2. The molecule has 1 amide bonds. The number of para-hydroxylation sites is 2. The SMILES string of the molecule is CCCC(=O)NCCCCCc1nc2ccccc2n1CCCOc1cccc(OC)c1. The van der Waals surface area contributed by atoms with E-state index in [-0.39, 0.29) is 5.91 Å². The number of fused-ring (bicyclic) bond motifs is 1. The van der Waals surface area contributed by atoms with Gasteiger partial charge in [0, 0.05) is 32.0 Å². The van der Waals surface area contributed by atoms with E-state index in [4.69, 9.17) is 14.5 Å². The van der Waals surface area contributed by atoms with Gasteiger partial charge in [-0.2, -0.15) is 0 Å². The molecule has 1 heterocycles. The number of carbonyl (C=O) groups is 1. The summed E-state index contributed by atoms with van der Waals surface area (Å²) in [5.74, 6) is 2.91. The van der Waals surface area contributed by atoms with Crippen LogP contribution in [0.4, 0.5) is 0 Å². The van der Waals surface area contributed by atoms with Gasteiger partial charge < -0.3 is 19.4 Å². The summed E-state index contributed by atoms with van der Waals surface area (Å²) in [6, 6.07) is 16.0. The monoisotopic (exact) mass is 437 g/mol. The summed E-state index contributed by atoms with van der Waals surface area (Å²) in [6.45, 7) is 4.29. The molecule has 6 nitrogen and oxygen atoms in total. The lowest BCUT2D eigenvalue weighted by Gasteiger charge is -2.11. The first-order valence-corrected chi connectivity index (χ1v) is 11.7. The average molecular weight is 438 g/mol. The maximum Gasteiger partial charge on any atom is 0.219 e. The minimum Gasteiger partial charge on any atom is -0.497 e. The highest BCUT2D eigenvalue weighted by molar-refractivity contribution is 5.76. The van der Waals surface area contributed by atoms with E-state index in [1.54, 1.807) is 7.11 Å². The maximum atomic E-state index is 11.5. The number of aromatic nitrogens is 2. The Hall–Kier alpha value is -3.02. The molecular formula is C26H35N3O3. The van der Waals surface area contributed by atoms with E-state index in [2.05, 4.69) is 28.1 Å². The highest BCUT2D eigenvalue weighted by Crippen LogP contribution is 2.20. The lowest BCUT2D eigenvalue weighted by molar-refractivity contribution is -0.121. The third-order valence-corrected chi connectivity index (χ3v) is 5.45. The molecule has 3 rings (SSSR count). The second-order valence-electron chi connectivity index (χ2n) is 7.96. The van der Waals surface area contributed by atoms with Crippen molar-refractivity contribution in [1.82, 2.24) is 14.9 Å². The molecule has 172 valence electrons. The number of amides is 1.